The van der Waals surface area contributed by atoms with Crippen LogP contribution in [0.25, 0.3) is 0 Å². The van der Waals surface area contributed by atoms with Gasteiger partial charge in [-0.1, -0.05) is 18.2 Å². The number of alkyl halides is 1. The summed E-state index contributed by atoms with van der Waals surface area (Å²) in [7, 11) is 0. The Balaban J connectivity index is 2.15. The molecule has 1 fully saturated rings. The van der Waals surface area contributed by atoms with Crippen molar-refractivity contribution in [2.75, 3.05) is 18.0 Å². The van der Waals surface area contributed by atoms with E-state index >= 15 is 0 Å². The summed E-state index contributed by atoms with van der Waals surface area (Å²) >= 11 is 0. The van der Waals surface area contributed by atoms with Gasteiger partial charge in [0.05, 0.1) is 0 Å². The van der Waals surface area contributed by atoms with E-state index in [0.29, 0.717) is 19.5 Å². The van der Waals surface area contributed by atoms with E-state index in [1.807, 2.05) is 31.2 Å². The van der Waals surface area contributed by atoms with E-state index in [9.17, 15) is 9.18 Å². The van der Waals surface area contributed by atoms with Crippen molar-refractivity contribution in [2.45, 2.75) is 31.9 Å². The summed E-state index contributed by atoms with van der Waals surface area (Å²) in [5.41, 5.74) is 0.156. The molecular weight excluding hydrogens is 233 g/mol. The second-order valence-corrected chi connectivity index (χ2v) is 4.90. The predicted octanol–water partition coefficient (Wildman–Crippen LogP) is 2.78. The maximum Gasteiger partial charge on any atom is 0.341 e. The predicted molar refractivity (Wildman–Crippen MR) is 68.7 cm³/mol. The zero-order chi connectivity index (χ0) is 13.2. The number of carboxylic acid groups (broad SMARTS) is 1. The number of hydrogen-bond donors (Lipinski definition) is 1. The fourth-order valence-electron chi connectivity index (χ4n) is 2.47. The van der Waals surface area contributed by atoms with Gasteiger partial charge in [-0.25, -0.2) is 9.18 Å². The molecule has 1 aliphatic heterocycles. The van der Waals surface area contributed by atoms with Crippen LogP contribution in [0.3, 0.4) is 0 Å². The summed E-state index contributed by atoms with van der Waals surface area (Å²) in [4.78, 5) is 13.0. The number of nitrogens with zero attached hydrogens (tertiary/aromatic N) is 1. The molecule has 3 nitrogen and oxygen atoms in total. The fraction of sp³-hybridized carbons (Fsp3) is 0.500. The van der Waals surface area contributed by atoms with Crippen molar-refractivity contribution < 1.29 is 14.3 Å². The minimum absolute atomic E-state index is 0.0522. The third-order valence-electron chi connectivity index (χ3n) is 3.62. The highest BCUT2D eigenvalue weighted by molar-refractivity contribution is 5.77. The van der Waals surface area contributed by atoms with Crippen LogP contribution < -0.4 is 4.90 Å². The molecule has 0 saturated carbocycles. The van der Waals surface area contributed by atoms with Gasteiger partial charge in [-0.05, 0) is 31.4 Å². The van der Waals surface area contributed by atoms with Crippen molar-refractivity contribution in [2.24, 2.45) is 0 Å². The Morgan fingerprint density at radius 1 is 1.33 bits per heavy atom. The standard InChI is InChI=1S/C14H18FNO2/c1-11-5-2-3-6-12(11)16-9-4-7-14(15,8-10-16)13(17)18/h2-3,5-6H,4,7-10H2,1H3,(H,17,18). The molecule has 0 spiro atoms. The molecule has 0 amide bonds. The minimum Gasteiger partial charge on any atom is -0.479 e. The van der Waals surface area contributed by atoms with Gasteiger partial charge in [0.15, 0.2) is 0 Å². The molecule has 4 heteroatoms. The largest absolute Gasteiger partial charge is 0.479 e. The van der Waals surface area contributed by atoms with Crippen molar-refractivity contribution in [1.29, 1.82) is 0 Å². The first-order chi connectivity index (χ1) is 8.53. The molecule has 98 valence electrons. The van der Waals surface area contributed by atoms with Crippen LogP contribution in [0.15, 0.2) is 24.3 Å². The molecule has 1 aromatic rings. The zero-order valence-electron chi connectivity index (χ0n) is 10.5. The van der Waals surface area contributed by atoms with Crippen LogP contribution in [-0.2, 0) is 4.79 Å². The first-order valence-electron chi connectivity index (χ1n) is 6.26. The lowest BCUT2D eigenvalue weighted by Gasteiger charge is -2.25. The summed E-state index contributed by atoms with van der Waals surface area (Å²) in [6.45, 7) is 3.18. The molecular formula is C14H18FNO2. The first kappa shape index (κ1) is 12.9. The lowest BCUT2D eigenvalue weighted by Crippen LogP contribution is -2.35. The maximum absolute atomic E-state index is 14.1. The minimum atomic E-state index is -2.06. The summed E-state index contributed by atoms with van der Waals surface area (Å²) in [5, 5.41) is 8.94. The fourth-order valence-corrected chi connectivity index (χ4v) is 2.47. The molecule has 18 heavy (non-hydrogen) atoms. The average Bonchev–Trinajstić information content (AvgIpc) is 2.53. The number of para-hydroxylation sites is 1. The molecule has 1 atom stereocenters. The van der Waals surface area contributed by atoms with Crippen molar-refractivity contribution in [3.05, 3.63) is 29.8 Å². The van der Waals surface area contributed by atoms with Gasteiger partial charge in [-0.15, -0.1) is 0 Å². The number of benzene rings is 1. The number of carbonyl (C=O) groups is 1. The van der Waals surface area contributed by atoms with E-state index in [0.717, 1.165) is 11.3 Å². The van der Waals surface area contributed by atoms with Crippen LogP contribution >= 0.6 is 0 Å². The number of hydrogen-bond acceptors (Lipinski definition) is 2. The second-order valence-electron chi connectivity index (χ2n) is 4.90. The number of rotatable bonds is 2. The van der Waals surface area contributed by atoms with Crippen LogP contribution in [-0.4, -0.2) is 29.8 Å². The molecule has 2 rings (SSSR count). The van der Waals surface area contributed by atoms with Gasteiger partial charge >= 0.3 is 5.97 Å². The summed E-state index contributed by atoms with van der Waals surface area (Å²) in [6.07, 6.45) is 0.721. The van der Waals surface area contributed by atoms with Crippen molar-refractivity contribution in [3.63, 3.8) is 0 Å². The normalized spacial score (nSPS) is 24.7. The lowest BCUT2D eigenvalue weighted by atomic mass is 9.97. The lowest BCUT2D eigenvalue weighted by molar-refractivity contribution is -0.151. The third-order valence-corrected chi connectivity index (χ3v) is 3.62. The zero-order valence-corrected chi connectivity index (χ0v) is 10.5. The van der Waals surface area contributed by atoms with Gasteiger partial charge in [0.1, 0.15) is 0 Å². The van der Waals surface area contributed by atoms with Gasteiger partial charge in [0.25, 0.3) is 0 Å². The molecule has 0 bridgehead atoms. The highest BCUT2D eigenvalue weighted by Crippen LogP contribution is 2.30. The topological polar surface area (TPSA) is 40.5 Å². The maximum atomic E-state index is 14.1. The number of carboxylic acids is 1. The average molecular weight is 251 g/mol. The van der Waals surface area contributed by atoms with E-state index in [1.54, 1.807) is 0 Å². The molecule has 0 radical (unpaired) electrons. The Morgan fingerprint density at radius 2 is 2.06 bits per heavy atom. The first-order valence-corrected chi connectivity index (χ1v) is 6.26. The second kappa shape index (κ2) is 4.96. The van der Waals surface area contributed by atoms with E-state index in [4.69, 9.17) is 5.11 Å². The summed E-state index contributed by atoms with van der Waals surface area (Å²) in [5.74, 6) is -1.32. The molecule has 1 N–H and O–H groups in total. The number of halogens is 1. The number of aryl methyl sites for hydroxylation is 1. The molecule has 1 saturated heterocycles. The Labute approximate surface area is 106 Å². The monoisotopic (exact) mass is 251 g/mol. The van der Waals surface area contributed by atoms with Gasteiger partial charge in [0.2, 0.25) is 5.67 Å². The number of aliphatic carboxylic acids is 1. The molecule has 1 unspecified atom stereocenters. The van der Waals surface area contributed by atoms with Crippen LogP contribution in [0.5, 0.6) is 0 Å². The van der Waals surface area contributed by atoms with Crippen LogP contribution in [0.4, 0.5) is 10.1 Å². The van der Waals surface area contributed by atoms with Crippen LogP contribution in [0.2, 0.25) is 0 Å². The SMILES string of the molecule is Cc1ccccc1N1CCCC(F)(C(=O)O)CC1. The van der Waals surface area contributed by atoms with Gasteiger partial charge in [-0.3, -0.25) is 0 Å². The smallest absolute Gasteiger partial charge is 0.341 e. The van der Waals surface area contributed by atoms with Crippen molar-refractivity contribution in [3.8, 4) is 0 Å². The summed E-state index contributed by atoms with van der Waals surface area (Å²) < 4.78 is 14.1. The van der Waals surface area contributed by atoms with E-state index in [-0.39, 0.29) is 12.8 Å². The Bertz CT molecular complexity index is 449. The van der Waals surface area contributed by atoms with Crippen molar-refractivity contribution >= 4 is 11.7 Å². The van der Waals surface area contributed by atoms with Crippen LogP contribution in [0, 0.1) is 6.92 Å². The molecule has 0 aromatic heterocycles. The molecule has 0 aliphatic carbocycles. The highest BCUT2D eigenvalue weighted by atomic mass is 19.1. The Morgan fingerprint density at radius 3 is 2.72 bits per heavy atom. The Kier molecular flexibility index (Phi) is 3.55. The highest BCUT2D eigenvalue weighted by Gasteiger charge is 2.40. The Hall–Kier alpha value is -1.58. The quantitative estimate of drug-likeness (QED) is 0.878. The van der Waals surface area contributed by atoms with Gasteiger partial charge in [-0.2, -0.15) is 0 Å². The van der Waals surface area contributed by atoms with E-state index in [1.165, 1.54) is 0 Å². The molecule has 1 aliphatic rings. The number of anilines is 1. The molecule has 1 aromatic carbocycles. The van der Waals surface area contributed by atoms with Gasteiger partial charge in [0, 0.05) is 25.2 Å². The van der Waals surface area contributed by atoms with E-state index < -0.39 is 11.6 Å². The molecule has 1 heterocycles. The van der Waals surface area contributed by atoms with Gasteiger partial charge < -0.3 is 10.0 Å². The summed E-state index contributed by atoms with van der Waals surface area (Å²) in [6, 6.07) is 7.93. The third kappa shape index (κ3) is 2.47. The van der Waals surface area contributed by atoms with Crippen LogP contribution in [0.1, 0.15) is 24.8 Å². The van der Waals surface area contributed by atoms with Crippen molar-refractivity contribution in [1.82, 2.24) is 0 Å². The van der Waals surface area contributed by atoms with E-state index in [2.05, 4.69) is 4.90 Å².